The van der Waals surface area contributed by atoms with Crippen molar-refractivity contribution in [2.45, 2.75) is 149 Å². The number of nitrogens with zero attached hydrogens (tertiary/aromatic N) is 1. The summed E-state index contributed by atoms with van der Waals surface area (Å²) in [6, 6.07) is 9.68. The van der Waals surface area contributed by atoms with Gasteiger partial charge in [0.05, 0.1) is 10.7 Å². The van der Waals surface area contributed by atoms with Gasteiger partial charge in [-0.25, -0.2) is 12.8 Å². The molecule has 8 rings (SSSR count). The van der Waals surface area contributed by atoms with Gasteiger partial charge < -0.3 is 15.0 Å². The fourth-order valence-corrected chi connectivity index (χ4v) is 17.1. The molecule has 1 aromatic rings. The zero-order valence-corrected chi connectivity index (χ0v) is 39.0. The molecule has 4 saturated carbocycles. The number of piperidine rings is 1. The highest BCUT2D eigenvalue weighted by molar-refractivity contribution is 7.91. The standard InChI is InChI=1S/C52H77FN2O4S/c1-36(2)40-18-27-52(54-30-33-55-31-21-39(22-32-55)60(8,57)58)29-28-49(6)42(45(40)52)14-15-44-48(5)23-19-41(47(3,4)43(48)20-24-50(44,49)7)38-16-25-51(35-53,26-17-38)46(56)59-34-37-12-10-9-11-13-37/h9-13,16,19,39-40,42-45,54H,1,14-15,17-18,20-35H2,2-8H3/t40-,42+,43-,44+,45?,48-,49+,50+,51-,52-/m0/s1. The Labute approximate surface area is 362 Å². The second-order valence-corrected chi connectivity index (χ2v) is 24.9. The van der Waals surface area contributed by atoms with Crippen molar-refractivity contribution in [3.63, 3.8) is 0 Å². The van der Waals surface area contributed by atoms with Gasteiger partial charge >= 0.3 is 5.97 Å². The molecule has 6 aliphatic carbocycles. The molecule has 0 bridgehead atoms. The number of sulfone groups is 1. The zero-order chi connectivity index (χ0) is 42.9. The SMILES string of the molecule is C=C(C)[C@@H]1CC[C@]2(NCCN3CCC(S(C)(=O)=O)CC3)CC[C@]3(C)[C@H](CC[C@@H]4[C@@]5(C)CC=C(C6=CC[C@](CF)(C(=O)OCc7ccccc7)CC6)C(C)(C)[C@@H]5CC[C@]43C)C12. The van der Waals surface area contributed by atoms with E-state index in [2.05, 4.69) is 70.5 Å². The number of likely N-dealkylation sites (tertiary alicyclic amines) is 1. The smallest absolute Gasteiger partial charge is 0.315 e. The van der Waals surface area contributed by atoms with Gasteiger partial charge in [-0.3, -0.25) is 4.79 Å². The van der Waals surface area contributed by atoms with Crippen molar-refractivity contribution in [2.75, 3.05) is 39.1 Å². The summed E-state index contributed by atoms with van der Waals surface area (Å²) in [5.74, 6) is 2.64. The molecular weight excluding hydrogens is 768 g/mol. The average Bonchev–Trinajstić information content (AvgIpc) is 3.60. The van der Waals surface area contributed by atoms with Crippen LogP contribution in [-0.2, 0) is 26.0 Å². The van der Waals surface area contributed by atoms with E-state index in [9.17, 15) is 17.6 Å². The summed E-state index contributed by atoms with van der Waals surface area (Å²) >= 11 is 0. The van der Waals surface area contributed by atoms with Crippen molar-refractivity contribution in [2.24, 2.45) is 56.7 Å². The third kappa shape index (κ3) is 7.24. The average molecular weight is 845 g/mol. The number of ether oxygens (including phenoxy) is 1. The van der Waals surface area contributed by atoms with E-state index in [4.69, 9.17) is 4.74 Å². The third-order valence-corrected chi connectivity index (χ3v) is 21.2. The maximum atomic E-state index is 14.8. The summed E-state index contributed by atoms with van der Waals surface area (Å²) in [4.78, 5) is 15.9. The lowest BCUT2D eigenvalue weighted by Gasteiger charge is -2.72. The molecule has 332 valence electrons. The minimum Gasteiger partial charge on any atom is -0.460 e. The number of hydrogen-bond acceptors (Lipinski definition) is 6. The highest BCUT2D eigenvalue weighted by Crippen LogP contribution is 2.76. The monoisotopic (exact) mass is 845 g/mol. The molecule has 8 heteroatoms. The maximum absolute atomic E-state index is 14.8. The molecule has 1 saturated heterocycles. The highest BCUT2D eigenvalue weighted by Gasteiger charge is 2.70. The van der Waals surface area contributed by atoms with Crippen LogP contribution >= 0.6 is 0 Å². The molecule has 0 radical (unpaired) electrons. The lowest BCUT2D eigenvalue weighted by molar-refractivity contribution is -0.221. The molecular formula is C52H77FN2O4S. The predicted molar refractivity (Wildman–Crippen MR) is 242 cm³/mol. The molecule has 1 heterocycles. The van der Waals surface area contributed by atoms with E-state index in [0.717, 1.165) is 51.0 Å². The van der Waals surface area contributed by atoms with Crippen LogP contribution in [0.1, 0.15) is 137 Å². The first-order valence-electron chi connectivity index (χ1n) is 23.8. The zero-order valence-electron chi connectivity index (χ0n) is 38.2. The van der Waals surface area contributed by atoms with Gasteiger partial charge in [-0.2, -0.15) is 0 Å². The minimum atomic E-state index is -2.96. The summed E-state index contributed by atoms with van der Waals surface area (Å²) < 4.78 is 44.9. The van der Waals surface area contributed by atoms with Gasteiger partial charge in [-0.1, -0.05) is 89.3 Å². The quantitative estimate of drug-likeness (QED) is 0.177. The first-order valence-corrected chi connectivity index (χ1v) is 25.8. The van der Waals surface area contributed by atoms with Crippen molar-refractivity contribution in [1.82, 2.24) is 10.2 Å². The Balaban J connectivity index is 0.981. The third-order valence-electron chi connectivity index (χ3n) is 19.5. The van der Waals surface area contributed by atoms with Crippen LogP contribution < -0.4 is 5.32 Å². The lowest BCUT2D eigenvalue weighted by atomic mass is 9.33. The van der Waals surface area contributed by atoms with Crippen molar-refractivity contribution in [1.29, 1.82) is 0 Å². The maximum Gasteiger partial charge on any atom is 0.315 e. The van der Waals surface area contributed by atoms with Gasteiger partial charge in [0.2, 0.25) is 0 Å². The molecule has 10 atom stereocenters. The van der Waals surface area contributed by atoms with E-state index in [1.54, 1.807) is 0 Å². The Hall–Kier alpha value is -2.29. The number of carbonyl (C=O) groups is 1. The highest BCUT2D eigenvalue weighted by atomic mass is 32.2. The predicted octanol–water partition coefficient (Wildman–Crippen LogP) is 10.8. The van der Waals surface area contributed by atoms with Gasteiger partial charge in [0.15, 0.2) is 0 Å². The molecule has 0 amide bonds. The van der Waals surface area contributed by atoms with Crippen LogP contribution in [-0.4, -0.2) is 69.2 Å². The molecule has 1 N–H and O–H groups in total. The number of hydrogen-bond donors (Lipinski definition) is 1. The summed E-state index contributed by atoms with van der Waals surface area (Å²) in [5.41, 5.74) is 4.83. The first kappa shape index (κ1) is 44.3. The molecule has 5 fully saturated rings. The van der Waals surface area contributed by atoms with Crippen molar-refractivity contribution >= 4 is 15.8 Å². The minimum absolute atomic E-state index is 0.0103. The number of alkyl halides is 1. The van der Waals surface area contributed by atoms with Gasteiger partial charge in [-0.15, -0.1) is 0 Å². The summed E-state index contributed by atoms with van der Waals surface area (Å²) in [7, 11) is -2.96. The van der Waals surface area contributed by atoms with Crippen molar-refractivity contribution < 1.29 is 22.3 Å². The molecule has 6 nitrogen and oxygen atoms in total. The summed E-state index contributed by atoms with van der Waals surface area (Å²) in [6.07, 6.45) is 20.5. The lowest BCUT2D eigenvalue weighted by Crippen LogP contribution is -2.68. The number of nitrogens with one attached hydrogen (secondary N) is 1. The van der Waals surface area contributed by atoms with Gasteiger partial charge in [0, 0.05) is 24.9 Å². The van der Waals surface area contributed by atoms with Crippen LogP contribution in [0, 0.1) is 56.7 Å². The Morgan fingerprint density at radius 3 is 2.27 bits per heavy atom. The second kappa shape index (κ2) is 16.1. The molecule has 7 aliphatic rings. The van der Waals surface area contributed by atoms with Gasteiger partial charge in [-0.05, 0) is 178 Å². The van der Waals surface area contributed by atoms with E-state index in [-0.39, 0.29) is 39.1 Å². The van der Waals surface area contributed by atoms with Crippen LogP contribution in [0.4, 0.5) is 4.39 Å². The van der Waals surface area contributed by atoms with E-state index in [1.807, 2.05) is 30.3 Å². The van der Waals surface area contributed by atoms with E-state index in [1.165, 1.54) is 74.3 Å². The largest absolute Gasteiger partial charge is 0.460 e. The number of fused-ring (bicyclic) bond motifs is 7. The Bertz CT molecular complexity index is 1970. The normalized spacial score (nSPS) is 40.6. The van der Waals surface area contributed by atoms with Crippen LogP contribution in [0.2, 0.25) is 0 Å². The number of rotatable bonds is 11. The molecule has 0 spiro atoms. The molecule has 1 unspecified atom stereocenters. The topological polar surface area (TPSA) is 75.7 Å². The van der Waals surface area contributed by atoms with Gasteiger partial charge in [0.1, 0.15) is 23.1 Å². The molecule has 1 aromatic carbocycles. The van der Waals surface area contributed by atoms with Crippen LogP contribution in [0.3, 0.4) is 0 Å². The molecule has 0 aromatic heterocycles. The number of carbonyl (C=O) groups excluding carboxylic acids is 1. The Morgan fingerprint density at radius 1 is 0.883 bits per heavy atom. The van der Waals surface area contributed by atoms with E-state index in [0.29, 0.717) is 48.9 Å². The van der Waals surface area contributed by atoms with Gasteiger partial charge in [0.25, 0.3) is 0 Å². The summed E-state index contributed by atoms with van der Waals surface area (Å²) in [6.45, 7) is 23.2. The van der Waals surface area contributed by atoms with Crippen molar-refractivity contribution in [3.05, 3.63) is 71.3 Å². The number of allylic oxidation sites excluding steroid dienone is 5. The van der Waals surface area contributed by atoms with Crippen LogP contribution in [0.25, 0.3) is 0 Å². The van der Waals surface area contributed by atoms with Crippen LogP contribution in [0.5, 0.6) is 0 Å². The Kier molecular flexibility index (Phi) is 11.9. The fraction of sp³-hybridized carbons (Fsp3) is 0.750. The number of esters is 1. The van der Waals surface area contributed by atoms with Crippen LogP contribution in [0.15, 0.2) is 65.8 Å². The first-order chi connectivity index (χ1) is 28.3. The number of halogens is 1. The molecule has 60 heavy (non-hydrogen) atoms. The number of benzene rings is 1. The molecule has 1 aliphatic heterocycles. The van der Waals surface area contributed by atoms with Crippen molar-refractivity contribution in [3.8, 4) is 0 Å². The summed E-state index contributed by atoms with van der Waals surface area (Å²) in [5, 5.41) is 4.09. The Morgan fingerprint density at radius 2 is 1.62 bits per heavy atom. The second-order valence-electron chi connectivity index (χ2n) is 22.6. The fourth-order valence-electron chi connectivity index (χ4n) is 16.0. The van der Waals surface area contributed by atoms with E-state index >= 15 is 0 Å². The van der Waals surface area contributed by atoms with E-state index < -0.39 is 27.9 Å².